The van der Waals surface area contributed by atoms with Crippen LogP contribution in [0.25, 0.3) is 0 Å². The topological polar surface area (TPSA) is 25.2 Å². The Bertz CT molecular complexity index is 486. The summed E-state index contributed by atoms with van der Waals surface area (Å²) in [5.74, 6) is 0. The van der Waals surface area contributed by atoms with Gasteiger partial charge in [-0.2, -0.15) is 11.3 Å². The average molecular weight is 247 g/mol. The van der Waals surface area contributed by atoms with Crippen molar-refractivity contribution in [2.45, 2.75) is 38.3 Å². The minimum Gasteiger partial charge on any atom is -0.388 e. The van der Waals surface area contributed by atoms with Gasteiger partial charge in [-0.3, -0.25) is 0 Å². The van der Waals surface area contributed by atoms with Crippen molar-refractivity contribution in [1.82, 2.24) is 4.57 Å². The number of aryl methyl sites for hydroxylation is 3. The first-order chi connectivity index (χ1) is 8.33. The van der Waals surface area contributed by atoms with E-state index in [4.69, 9.17) is 0 Å². The molecule has 2 aromatic rings. The number of fused-ring (bicyclic) bond motifs is 1. The van der Waals surface area contributed by atoms with Crippen molar-refractivity contribution in [2.75, 3.05) is 0 Å². The Balaban J connectivity index is 1.72. The van der Waals surface area contributed by atoms with Crippen LogP contribution in [-0.2, 0) is 19.4 Å². The zero-order chi connectivity index (χ0) is 11.7. The molecule has 0 aliphatic heterocycles. The molecule has 2 heterocycles. The Kier molecular flexibility index (Phi) is 3.04. The lowest BCUT2D eigenvalue weighted by atomic mass is 9.93. The van der Waals surface area contributed by atoms with Crippen molar-refractivity contribution in [1.29, 1.82) is 0 Å². The van der Waals surface area contributed by atoms with E-state index in [1.165, 1.54) is 11.1 Å². The van der Waals surface area contributed by atoms with Gasteiger partial charge in [-0.05, 0) is 53.6 Å². The van der Waals surface area contributed by atoms with E-state index in [1.54, 1.807) is 11.3 Å². The molecule has 1 aliphatic rings. The number of aliphatic hydroxyl groups is 1. The monoisotopic (exact) mass is 247 g/mol. The van der Waals surface area contributed by atoms with Gasteiger partial charge in [-0.1, -0.05) is 0 Å². The van der Waals surface area contributed by atoms with Crippen LogP contribution in [0.4, 0.5) is 0 Å². The highest BCUT2D eigenvalue weighted by molar-refractivity contribution is 7.07. The molecule has 0 fully saturated rings. The molecule has 0 amide bonds. The molecule has 1 unspecified atom stereocenters. The van der Waals surface area contributed by atoms with Crippen LogP contribution in [0.5, 0.6) is 0 Å². The van der Waals surface area contributed by atoms with Gasteiger partial charge in [-0.15, -0.1) is 0 Å². The van der Waals surface area contributed by atoms with E-state index in [-0.39, 0.29) is 6.10 Å². The molecule has 0 radical (unpaired) electrons. The third-order valence-corrected chi connectivity index (χ3v) is 4.25. The Morgan fingerprint density at radius 1 is 1.41 bits per heavy atom. The first-order valence-electron chi connectivity index (χ1n) is 6.20. The van der Waals surface area contributed by atoms with Crippen LogP contribution in [-0.4, -0.2) is 9.67 Å². The molecule has 1 atom stereocenters. The number of hydrogen-bond donors (Lipinski definition) is 1. The normalized spacial score (nSPS) is 19.2. The number of rotatable bonds is 3. The third-order valence-electron chi connectivity index (χ3n) is 3.52. The third kappa shape index (κ3) is 2.31. The second kappa shape index (κ2) is 4.67. The largest absolute Gasteiger partial charge is 0.388 e. The first-order valence-corrected chi connectivity index (χ1v) is 7.15. The number of nitrogens with zero attached hydrogens (tertiary/aromatic N) is 1. The number of hydrogen-bond acceptors (Lipinski definition) is 2. The molecule has 17 heavy (non-hydrogen) atoms. The Hall–Kier alpha value is -1.06. The predicted molar refractivity (Wildman–Crippen MR) is 70.4 cm³/mol. The minimum absolute atomic E-state index is 0.235. The quantitative estimate of drug-likeness (QED) is 0.885. The van der Waals surface area contributed by atoms with Crippen molar-refractivity contribution >= 4 is 11.3 Å². The maximum absolute atomic E-state index is 9.92. The van der Waals surface area contributed by atoms with E-state index in [0.717, 1.165) is 37.8 Å². The van der Waals surface area contributed by atoms with Crippen molar-refractivity contribution in [3.05, 3.63) is 45.9 Å². The van der Waals surface area contributed by atoms with Crippen LogP contribution in [0.1, 0.15) is 35.6 Å². The lowest BCUT2D eigenvalue weighted by molar-refractivity contribution is 0.157. The number of aliphatic hydroxyl groups excluding tert-OH is 1. The molecular weight excluding hydrogens is 230 g/mol. The fraction of sp³-hybridized carbons (Fsp3) is 0.429. The summed E-state index contributed by atoms with van der Waals surface area (Å²) in [5, 5.41) is 14.2. The fourth-order valence-corrected chi connectivity index (χ4v) is 3.25. The van der Waals surface area contributed by atoms with E-state index in [9.17, 15) is 5.11 Å². The van der Waals surface area contributed by atoms with E-state index < -0.39 is 0 Å². The van der Waals surface area contributed by atoms with Crippen LogP contribution in [0.3, 0.4) is 0 Å². The summed E-state index contributed by atoms with van der Waals surface area (Å²) in [6.45, 7) is 1.01. The summed E-state index contributed by atoms with van der Waals surface area (Å²) in [7, 11) is 0. The molecule has 0 spiro atoms. The SMILES string of the molecule is OC1CCCc2cn(CCc3ccsc3)cc21. The smallest absolute Gasteiger partial charge is 0.0807 e. The maximum atomic E-state index is 9.92. The summed E-state index contributed by atoms with van der Waals surface area (Å²) in [5.41, 5.74) is 3.90. The van der Waals surface area contributed by atoms with Crippen molar-refractivity contribution in [3.8, 4) is 0 Å². The lowest BCUT2D eigenvalue weighted by Crippen LogP contribution is -2.05. The standard InChI is InChI=1S/C14H17NOS/c16-14-3-1-2-12-8-15(9-13(12)14)6-4-11-5-7-17-10-11/h5,7-10,14,16H,1-4,6H2. The lowest BCUT2D eigenvalue weighted by Gasteiger charge is -2.16. The van der Waals surface area contributed by atoms with Gasteiger partial charge in [-0.25, -0.2) is 0 Å². The Morgan fingerprint density at radius 2 is 2.35 bits per heavy atom. The highest BCUT2D eigenvalue weighted by atomic mass is 32.1. The van der Waals surface area contributed by atoms with E-state index in [0.29, 0.717) is 0 Å². The van der Waals surface area contributed by atoms with Crippen molar-refractivity contribution in [3.63, 3.8) is 0 Å². The molecule has 0 bridgehead atoms. The molecule has 0 saturated heterocycles. The van der Waals surface area contributed by atoms with Gasteiger partial charge in [0, 0.05) is 24.5 Å². The number of thiophene rings is 1. The molecule has 2 aromatic heterocycles. The summed E-state index contributed by atoms with van der Waals surface area (Å²) in [4.78, 5) is 0. The van der Waals surface area contributed by atoms with Gasteiger partial charge < -0.3 is 9.67 Å². The van der Waals surface area contributed by atoms with Gasteiger partial charge in [0.25, 0.3) is 0 Å². The van der Waals surface area contributed by atoms with E-state index >= 15 is 0 Å². The molecular formula is C14H17NOS. The van der Waals surface area contributed by atoms with Crippen LogP contribution in [0, 0.1) is 0 Å². The van der Waals surface area contributed by atoms with Crippen LogP contribution in [0.15, 0.2) is 29.2 Å². The maximum Gasteiger partial charge on any atom is 0.0807 e. The van der Waals surface area contributed by atoms with Crippen LogP contribution in [0.2, 0.25) is 0 Å². The summed E-state index contributed by atoms with van der Waals surface area (Å²) in [6.07, 6.45) is 8.34. The van der Waals surface area contributed by atoms with Gasteiger partial charge >= 0.3 is 0 Å². The zero-order valence-electron chi connectivity index (χ0n) is 9.80. The summed E-state index contributed by atoms with van der Waals surface area (Å²) < 4.78 is 2.23. The highest BCUT2D eigenvalue weighted by Crippen LogP contribution is 2.30. The first kappa shape index (κ1) is 11.1. The van der Waals surface area contributed by atoms with Gasteiger partial charge in [0.15, 0.2) is 0 Å². The Labute approximate surface area is 106 Å². The second-order valence-electron chi connectivity index (χ2n) is 4.77. The summed E-state index contributed by atoms with van der Waals surface area (Å²) in [6, 6.07) is 2.18. The van der Waals surface area contributed by atoms with Gasteiger partial charge in [0.05, 0.1) is 6.10 Å². The second-order valence-corrected chi connectivity index (χ2v) is 5.55. The van der Waals surface area contributed by atoms with Gasteiger partial charge in [0.2, 0.25) is 0 Å². The average Bonchev–Trinajstić information content (AvgIpc) is 2.95. The van der Waals surface area contributed by atoms with Crippen molar-refractivity contribution in [2.24, 2.45) is 0 Å². The molecule has 0 aromatic carbocycles. The fourth-order valence-electron chi connectivity index (χ4n) is 2.55. The van der Waals surface area contributed by atoms with Gasteiger partial charge in [0.1, 0.15) is 0 Å². The van der Waals surface area contributed by atoms with Crippen LogP contribution < -0.4 is 0 Å². The molecule has 1 aliphatic carbocycles. The van der Waals surface area contributed by atoms with Crippen LogP contribution >= 0.6 is 11.3 Å². The summed E-state index contributed by atoms with van der Waals surface area (Å²) >= 11 is 1.75. The van der Waals surface area contributed by atoms with Crippen molar-refractivity contribution < 1.29 is 5.11 Å². The van der Waals surface area contributed by atoms with E-state index in [1.807, 2.05) is 0 Å². The molecule has 0 saturated carbocycles. The Morgan fingerprint density at radius 3 is 3.12 bits per heavy atom. The zero-order valence-corrected chi connectivity index (χ0v) is 10.6. The highest BCUT2D eigenvalue weighted by Gasteiger charge is 2.19. The molecule has 90 valence electrons. The molecule has 3 rings (SSSR count). The predicted octanol–water partition coefficient (Wildman–Crippen LogP) is 3.16. The number of aromatic nitrogens is 1. The minimum atomic E-state index is -0.235. The van der Waals surface area contributed by atoms with E-state index in [2.05, 4.69) is 33.8 Å². The molecule has 3 heteroatoms. The molecule has 2 nitrogen and oxygen atoms in total. The molecule has 1 N–H and O–H groups in total.